The Labute approximate surface area is 402 Å². The summed E-state index contributed by atoms with van der Waals surface area (Å²) in [7, 11) is 0. The van der Waals surface area contributed by atoms with Crippen molar-refractivity contribution in [2.45, 2.75) is 151 Å². The van der Waals surface area contributed by atoms with Gasteiger partial charge in [-0.15, -0.1) is 0 Å². The van der Waals surface area contributed by atoms with Crippen molar-refractivity contribution in [2.75, 3.05) is 33.2 Å². The molecule has 4 aliphatic heterocycles. The van der Waals surface area contributed by atoms with Crippen molar-refractivity contribution < 1.29 is 32.8 Å². The summed E-state index contributed by atoms with van der Waals surface area (Å²) in [5, 5.41) is 1.17. The van der Waals surface area contributed by atoms with Gasteiger partial charge in [0.25, 0.3) is 0 Å². The summed E-state index contributed by atoms with van der Waals surface area (Å²) in [6.07, 6.45) is 3.88. The van der Waals surface area contributed by atoms with Crippen LogP contribution in [-0.4, -0.2) is 33.2 Å². The highest BCUT2D eigenvalue weighted by atomic mass is 16.7. The van der Waals surface area contributed by atoms with Crippen LogP contribution in [0.25, 0.3) is 11.0 Å². The van der Waals surface area contributed by atoms with Crippen LogP contribution >= 0.6 is 0 Å². The fourth-order valence-corrected chi connectivity index (χ4v) is 8.23. The molecule has 6 aromatic rings. The average molecular weight is 911 g/mol. The third kappa shape index (κ3) is 13.1. The maximum absolute atomic E-state index is 5.67. The number of benzene rings is 5. The first-order chi connectivity index (χ1) is 31.3. The van der Waals surface area contributed by atoms with E-state index in [1.807, 2.05) is 24.3 Å². The maximum Gasteiger partial charge on any atom is 0.231 e. The van der Waals surface area contributed by atoms with Gasteiger partial charge in [0.1, 0.15) is 30.3 Å². The van der Waals surface area contributed by atoms with Gasteiger partial charge < -0.3 is 32.8 Å². The van der Waals surface area contributed by atoms with E-state index in [1.165, 1.54) is 49.9 Å². The third-order valence-corrected chi connectivity index (χ3v) is 12.4. The summed E-state index contributed by atoms with van der Waals surface area (Å²) < 4.78 is 38.3. The molecule has 7 heteroatoms. The van der Waals surface area contributed by atoms with Gasteiger partial charge in [0, 0.05) is 29.4 Å². The molecule has 0 unspecified atom stereocenters. The number of fused-ring (bicyclic) bond motifs is 5. The van der Waals surface area contributed by atoms with Gasteiger partial charge in [-0.1, -0.05) is 158 Å². The van der Waals surface area contributed by atoms with E-state index in [2.05, 4.69) is 178 Å². The van der Waals surface area contributed by atoms with Gasteiger partial charge >= 0.3 is 0 Å². The summed E-state index contributed by atoms with van der Waals surface area (Å²) in [4.78, 5) is 0. The molecule has 0 saturated heterocycles. The summed E-state index contributed by atoms with van der Waals surface area (Å²) in [6.45, 7) is 38.7. The molecule has 0 bridgehead atoms. The molecule has 7 nitrogen and oxygen atoms in total. The normalized spacial score (nSPS) is 14.6. The minimum absolute atomic E-state index is 0.103. The van der Waals surface area contributed by atoms with Crippen molar-refractivity contribution in [3.63, 3.8) is 0 Å². The van der Waals surface area contributed by atoms with E-state index in [-0.39, 0.29) is 27.1 Å². The fourth-order valence-electron chi connectivity index (χ4n) is 8.23. The summed E-state index contributed by atoms with van der Waals surface area (Å²) in [6, 6.07) is 31.6. The van der Waals surface area contributed by atoms with Gasteiger partial charge in [0.2, 0.25) is 6.79 Å². The molecule has 5 heterocycles. The molecule has 5 aromatic carbocycles. The zero-order chi connectivity index (χ0) is 49.0. The molecule has 0 aliphatic carbocycles. The van der Waals surface area contributed by atoms with Gasteiger partial charge in [-0.2, -0.15) is 0 Å². The zero-order valence-electron chi connectivity index (χ0n) is 43.5. The van der Waals surface area contributed by atoms with E-state index in [0.717, 1.165) is 66.1 Å². The summed E-state index contributed by atoms with van der Waals surface area (Å²) in [5.74, 6) is 5.75. The third-order valence-electron chi connectivity index (χ3n) is 12.4. The highest BCUT2D eigenvalue weighted by molar-refractivity contribution is 5.77. The van der Waals surface area contributed by atoms with Crippen LogP contribution in [0.1, 0.15) is 148 Å². The lowest BCUT2D eigenvalue weighted by Crippen LogP contribution is -2.20. The van der Waals surface area contributed by atoms with E-state index in [4.69, 9.17) is 32.8 Å². The van der Waals surface area contributed by atoms with Crippen molar-refractivity contribution in [1.29, 1.82) is 0 Å². The Morgan fingerprint density at radius 1 is 0.403 bits per heavy atom. The van der Waals surface area contributed by atoms with Crippen molar-refractivity contribution in [1.82, 2.24) is 0 Å². The molecule has 0 N–H and O–H groups in total. The van der Waals surface area contributed by atoms with Crippen LogP contribution in [0.3, 0.4) is 0 Å². The molecule has 1 aromatic heterocycles. The molecule has 0 spiro atoms. The van der Waals surface area contributed by atoms with Crippen molar-refractivity contribution >= 4 is 11.0 Å². The van der Waals surface area contributed by atoms with E-state index in [1.54, 1.807) is 6.26 Å². The molecule has 0 radical (unpaired) electrons. The Hall–Kier alpha value is -5.56. The highest BCUT2D eigenvalue weighted by Gasteiger charge is 2.26. The second kappa shape index (κ2) is 20.3. The van der Waals surface area contributed by atoms with Crippen LogP contribution in [0.2, 0.25) is 0 Å². The van der Waals surface area contributed by atoms with E-state index >= 15 is 0 Å². The SMILES string of the molecule is CC(C)(C)c1ccc2c(c1)OCC2.CC(C)(C)c1ccc2c(c1)OCO2.CC(C)(C)c1ccc2ccoc2c1.CC(C)(C)c1cccc2c1OCCO2.Cc1ccc(C(C)(C)C)c2c1OCC2. The lowest BCUT2D eigenvalue weighted by molar-refractivity contribution is 0.168. The van der Waals surface area contributed by atoms with Gasteiger partial charge in [-0.05, 0) is 104 Å². The highest BCUT2D eigenvalue weighted by Crippen LogP contribution is 2.41. The number of furan rings is 1. The molecular formula is C60H78O7. The molecule has 10 rings (SSSR count). The van der Waals surface area contributed by atoms with E-state index < -0.39 is 0 Å². The van der Waals surface area contributed by atoms with E-state index in [0.29, 0.717) is 20.0 Å². The molecule has 0 saturated carbocycles. The van der Waals surface area contributed by atoms with Crippen molar-refractivity contribution in [2.24, 2.45) is 0 Å². The minimum atomic E-state index is 0.103. The van der Waals surface area contributed by atoms with Crippen LogP contribution in [0, 0.1) is 6.92 Å². The number of rotatable bonds is 0. The predicted octanol–water partition coefficient (Wildman–Crippen LogP) is 15.3. The number of hydrogen-bond donors (Lipinski definition) is 0. The first-order valence-corrected chi connectivity index (χ1v) is 24.1. The van der Waals surface area contributed by atoms with Gasteiger partial charge in [0.15, 0.2) is 23.0 Å². The van der Waals surface area contributed by atoms with Crippen molar-refractivity contribution in [3.05, 3.63) is 142 Å². The molecule has 0 atom stereocenters. The summed E-state index contributed by atoms with van der Waals surface area (Å²) >= 11 is 0. The number of ether oxygens (including phenoxy) is 6. The first kappa shape index (κ1) is 50.8. The van der Waals surface area contributed by atoms with Crippen LogP contribution in [-0.2, 0) is 39.9 Å². The maximum atomic E-state index is 5.67. The Bertz CT molecular complexity index is 2530. The predicted molar refractivity (Wildman–Crippen MR) is 276 cm³/mol. The molecule has 4 aliphatic rings. The Kier molecular flexibility index (Phi) is 15.4. The smallest absolute Gasteiger partial charge is 0.231 e. The Morgan fingerprint density at radius 3 is 1.64 bits per heavy atom. The lowest BCUT2D eigenvalue weighted by atomic mass is 9.82. The quantitative estimate of drug-likeness (QED) is 0.150. The Morgan fingerprint density at radius 2 is 0.970 bits per heavy atom. The number of para-hydroxylation sites is 1. The standard InChI is InChI=1S/C13H18O.C12H16O2.C12H16O.C12H14O.C11H14O2/c1-9-5-6-11(13(2,3)4)10-7-8-14-12(9)10;1-12(2,3)9-5-4-6-10-11(9)14-8-7-13-10;2*1-12(2,3)10-5-4-9-6-7-13-11(9)8-10;1-11(2,3)8-4-5-9-10(6-8)13-7-12-9/h5-6H,7-8H2,1-4H3;4-6H,7-8H2,1-3H3;4-5,8H,6-7H2,1-3H3;4-8H,1-3H3;4-6H,7H2,1-3H3. The first-order valence-electron chi connectivity index (χ1n) is 24.1. The van der Waals surface area contributed by atoms with Crippen LogP contribution < -0.4 is 28.4 Å². The zero-order valence-corrected chi connectivity index (χ0v) is 43.5. The molecule has 360 valence electrons. The topological polar surface area (TPSA) is 68.5 Å². The summed E-state index contributed by atoms with van der Waals surface area (Å²) in [5.41, 5.74) is 12.6. The van der Waals surface area contributed by atoms with Gasteiger partial charge in [0.05, 0.1) is 19.5 Å². The minimum Gasteiger partial charge on any atom is -0.493 e. The lowest BCUT2D eigenvalue weighted by Gasteiger charge is -2.27. The van der Waals surface area contributed by atoms with Gasteiger partial charge in [-0.3, -0.25) is 0 Å². The van der Waals surface area contributed by atoms with Crippen LogP contribution in [0.15, 0.2) is 102 Å². The van der Waals surface area contributed by atoms with E-state index in [9.17, 15) is 0 Å². The van der Waals surface area contributed by atoms with Gasteiger partial charge in [-0.25, -0.2) is 0 Å². The average Bonchev–Trinajstić information content (AvgIpc) is 4.10. The van der Waals surface area contributed by atoms with Crippen LogP contribution in [0.5, 0.6) is 34.5 Å². The van der Waals surface area contributed by atoms with Crippen LogP contribution in [0.4, 0.5) is 0 Å². The Balaban J connectivity index is 0.000000138. The largest absolute Gasteiger partial charge is 0.493 e. The molecule has 67 heavy (non-hydrogen) atoms. The molecular weight excluding hydrogens is 833 g/mol. The number of hydrogen-bond acceptors (Lipinski definition) is 7. The molecule has 0 fully saturated rings. The second-order valence-corrected chi connectivity index (χ2v) is 23.1. The monoisotopic (exact) mass is 911 g/mol. The van der Waals surface area contributed by atoms with Crippen molar-refractivity contribution in [3.8, 4) is 34.5 Å². The molecule has 0 amide bonds. The number of aryl methyl sites for hydroxylation is 1. The fraction of sp³-hybridized carbons (Fsp3) is 0.467. The second-order valence-electron chi connectivity index (χ2n) is 23.1.